The molecule has 1 heterocycles. The topological polar surface area (TPSA) is 168 Å². The Bertz CT molecular complexity index is 1170. The van der Waals surface area contributed by atoms with Gasteiger partial charge in [0.15, 0.2) is 45.5 Å². The maximum Gasteiger partial charge on any atom is 0.325 e. The van der Waals surface area contributed by atoms with Crippen molar-refractivity contribution in [2.75, 3.05) is 32.0 Å². The Morgan fingerprint density at radius 2 is 1.23 bits per heavy atom. The zero-order valence-electron chi connectivity index (χ0n) is 16.6. The summed E-state index contributed by atoms with van der Waals surface area (Å²) in [4.78, 5) is 27.5. The number of esters is 2. The zero-order chi connectivity index (χ0) is 23.7. The molecule has 0 bridgehead atoms. The minimum absolute atomic E-state index is 0.236. The highest BCUT2D eigenvalue weighted by Gasteiger charge is 2.43. The van der Waals surface area contributed by atoms with Crippen molar-refractivity contribution in [2.24, 2.45) is 0 Å². The highest BCUT2D eigenvalue weighted by atomic mass is 35.5. The molecular weight excluding hydrogens is 486 g/mol. The van der Waals surface area contributed by atoms with E-state index in [0.717, 1.165) is 0 Å². The van der Waals surface area contributed by atoms with Crippen molar-refractivity contribution in [1.82, 2.24) is 4.98 Å². The molecule has 0 atom stereocenters. The van der Waals surface area contributed by atoms with Gasteiger partial charge in [-0.1, -0.05) is 11.6 Å². The van der Waals surface area contributed by atoms with Gasteiger partial charge in [-0.3, -0.25) is 9.59 Å². The lowest BCUT2D eigenvalue weighted by Gasteiger charge is -2.21. The van der Waals surface area contributed by atoms with E-state index in [1.165, 1.54) is 13.8 Å². The summed E-state index contributed by atoms with van der Waals surface area (Å²) in [5.74, 6) is -4.84. The number of carbonyl (C=O) groups is 2. The maximum atomic E-state index is 12.5. The molecule has 30 heavy (non-hydrogen) atoms. The Hall–Kier alpha value is -1.77. The van der Waals surface area contributed by atoms with Crippen LogP contribution in [0.2, 0.25) is 5.02 Å². The van der Waals surface area contributed by atoms with Gasteiger partial charge in [0.1, 0.15) is 0 Å². The molecule has 0 aromatic carbocycles. The smallest absolute Gasteiger partial charge is 0.325 e. The summed E-state index contributed by atoms with van der Waals surface area (Å²) in [7, 11) is -13.3. The summed E-state index contributed by atoms with van der Waals surface area (Å²) in [6.07, 6.45) is 1.83. The van der Waals surface area contributed by atoms with Crippen LogP contribution in [0.25, 0.3) is 0 Å². The number of halogens is 1. The van der Waals surface area contributed by atoms with E-state index in [1.807, 2.05) is 0 Å². The Morgan fingerprint density at radius 1 is 0.833 bits per heavy atom. The molecule has 0 saturated heterocycles. The number of nitrogens with zero attached hydrogens (tertiary/aromatic N) is 1. The second kappa shape index (κ2) is 9.16. The monoisotopic (exact) mass is 505 g/mol. The third-order valence-corrected chi connectivity index (χ3v) is 7.24. The van der Waals surface area contributed by atoms with E-state index in [-0.39, 0.29) is 13.2 Å². The summed E-state index contributed by atoms with van der Waals surface area (Å²) in [6.45, 7) is 2.32. The van der Waals surface area contributed by atoms with Gasteiger partial charge >= 0.3 is 11.9 Å². The molecule has 1 aromatic rings. The van der Waals surface area contributed by atoms with Gasteiger partial charge < -0.3 is 9.47 Å². The molecule has 0 fully saturated rings. The van der Waals surface area contributed by atoms with Crippen molar-refractivity contribution in [2.45, 2.75) is 34.7 Å². The SMILES string of the molecule is CCOC(=O)C(C(=O)OCC)c1c(S(C)(=O)=O)nc(S(C)(=O)=O)c(Cl)c1S(C)(=O)=O. The standard InChI is InChI=1S/C15H20ClNO10S3/c1-6-26-14(18)9(15(19)27-7-2)8-11(28(3,20)21)10(16)13(30(5,24)25)17-12(8)29(4,22)23/h9H,6-7H2,1-5H3. The second-order valence-electron chi connectivity index (χ2n) is 6.03. The second-order valence-corrected chi connectivity index (χ2v) is 12.2. The molecule has 0 radical (unpaired) electrons. The largest absolute Gasteiger partial charge is 0.465 e. The summed E-state index contributed by atoms with van der Waals surface area (Å²) in [6, 6.07) is 0. The molecule has 0 N–H and O–H groups in total. The number of hydrogen-bond donors (Lipinski definition) is 0. The molecule has 0 unspecified atom stereocenters. The lowest BCUT2D eigenvalue weighted by molar-refractivity contribution is -0.157. The lowest BCUT2D eigenvalue weighted by atomic mass is 10.0. The Balaban J connectivity index is 4.38. The van der Waals surface area contributed by atoms with Gasteiger partial charge in [0.05, 0.1) is 23.1 Å². The molecule has 0 amide bonds. The van der Waals surface area contributed by atoms with Gasteiger partial charge in [0, 0.05) is 24.3 Å². The number of ether oxygens (including phenoxy) is 2. The van der Waals surface area contributed by atoms with Crippen LogP contribution in [-0.4, -0.2) is 74.2 Å². The van der Waals surface area contributed by atoms with Crippen molar-refractivity contribution in [3.63, 3.8) is 0 Å². The maximum absolute atomic E-state index is 12.5. The van der Waals surface area contributed by atoms with Crippen LogP contribution in [0.1, 0.15) is 25.3 Å². The minimum Gasteiger partial charge on any atom is -0.465 e. The summed E-state index contributed by atoms with van der Waals surface area (Å²) in [5, 5.41) is -3.12. The molecule has 1 rings (SSSR count). The van der Waals surface area contributed by atoms with E-state index in [2.05, 4.69) is 4.98 Å². The summed E-state index contributed by atoms with van der Waals surface area (Å²) >= 11 is 5.99. The normalized spacial score (nSPS) is 12.6. The predicted molar refractivity (Wildman–Crippen MR) is 105 cm³/mol. The molecule has 0 spiro atoms. The Morgan fingerprint density at radius 3 is 1.53 bits per heavy atom. The molecule has 11 nitrogen and oxygen atoms in total. The molecule has 1 aromatic heterocycles. The van der Waals surface area contributed by atoms with Crippen molar-refractivity contribution in [1.29, 1.82) is 0 Å². The lowest BCUT2D eigenvalue weighted by Crippen LogP contribution is -2.30. The third kappa shape index (κ3) is 5.68. The fraction of sp³-hybridized carbons (Fsp3) is 0.533. The highest BCUT2D eigenvalue weighted by molar-refractivity contribution is 7.92. The van der Waals surface area contributed by atoms with Gasteiger partial charge in [0.2, 0.25) is 0 Å². The van der Waals surface area contributed by atoms with Crippen LogP contribution in [0.5, 0.6) is 0 Å². The molecule has 0 aliphatic heterocycles. The molecule has 170 valence electrons. The third-order valence-electron chi connectivity index (χ3n) is 3.47. The number of aromatic nitrogens is 1. The Kier molecular flexibility index (Phi) is 8.02. The van der Waals surface area contributed by atoms with Crippen LogP contribution in [0.3, 0.4) is 0 Å². The van der Waals surface area contributed by atoms with E-state index in [4.69, 9.17) is 21.1 Å². The van der Waals surface area contributed by atoms with E-state index in [1.54, 1.807) is 0 Å². The van der Waals surface area contributed by atoms with Crippen LogP contribution < -0.4 is 0 Å². The average Bonchev–Trinajstić information content (AvgIpc) is 2.51. The first-order valence-corrected chi connectivity index (χ1v) is 14.2. The van der Waals surface area contributed by atoms with E-state index in [9.17, 15) is 34.8 Å². The van der Waals surface area contributed by atoms with Gasteiger partial charge in [-0.15, -0.1) is 0 Å². The quantitative estimate of drug-likeness (QED) is 0.348. The first-order chi connectivity index (χ1) is 13.5. The molecule has 0 aliphatic carbocycles. The van der Waals surface area contributed by atoms with E-state index in [0.29, 0.717) is 18.8 Å². The van der Waals surface area contributed by atoms with E-state index >= 15 is 0 Å². The van der Waals surface area contributed by atoms with Crippen LogP contribution >= 0.6 is 11.6 Å². The fourth-order valence-electron chi connectivity index (χ4n) is 2.44. The van der Waals surface area contributed by atoms with Crippen LogP contribution in [0, 0.1) is 0 Å². The first kappa shape index (κ1) is 26.3. The summed E-state index contributed by atoms with van der Waals surface area (Å²) in [5.41, 5.74) is -0.936. The first-order valence-electron chi connectivity index (χ1n) is 8.15. The van der Waals surface area contributed by atoms with Crippen molar-refractivity contribution < 1.29 is 44.3 Å². The Labute approximate surface area is 179 Å². The van der Waals surface area contributed by atoms with Crippen LogP contribution in [-0.2, 0) is 48.6 Å². The highest BCUT2D eigenvalue weighted by Crippen LogP contribution is 2.39. The fourth-order valence-corrected chi connectivity index (χ4v) is 6.21. The van der Waals surface area contributed by atoms with Crippen LogP contribution in [0.4, 0.5) is 0 Å². The number of carbonyl (C=O) groups excluding carboxylic acids is 2. The number of pyridine rings is 1. The van der Waals surface area contributed by atoms with E-state index < -0.39 is 72.9 Å². The molecule has 0 saturated carbocycles. The van der Waals surface area contributed by atoms with Crippen LogP contribution in [0.15, 0.2) is 14.9 Å². The molecule has 0 aliphatic rings. The minimum atomic E-state index is -4.49. The van der Waals surface area contributed by atoms with Gasteiger partial charge in [-0.25, -0.2) is 30.2 Å². The molecule has 15 heteroatoms. The van der Waals surface area contributed by atoms with Crippen molar-refractivity contribution in [3.05, 3.63) is 10.6 Å². The van der Waals surface area contributed by atoms with Crippen molar-refractivity contribution in [3.8, 4) is 0 Å². The predicted octanol–water partition coefficient (Wildman–Crippen LogP) is 0.155. The van der Waals surface area contributed by atoms with Gasteiger partial charge in [-0.05, 0) is 13.8 Å². The van der Waals surface area contributed by atoms with Crippen molar-refractivity contribution >= 4 is 53.1 Å². The number of sulfone groups is 3. The van der Waals surface area contributed by atoms with Gasteiger partial charge in [0.25, 0.3) is 0 Å². The number of hydrogen-bond acceptors (Lipinski definition) is 11. The zero-order valence-corrected chi connectivity index (χ0v) is 19.8. The summed E-state index contributed by atoms with van der Waals surface area (Å²) < 4.78 is 83.4. The average molecular weight is 506 g/mol. The number of rotatable bonds is 8. The molecular formula is C15H20ClNO10S3. The van der Waals surface area contributed by atoms with Gasteiger partial charge in [-0.2, -0.15) is 0 Å².